The fraction of sp³-hybridized carbons (Fsp3) is 0.583. The lowest BCUT2D eigenvalue weighted by atomic mass is 10.1. The van der Waals surface area contributed by atoms with Crippen LogP contribution in [0.3, 0.4) is 0 Å². The van der Waals surface area contributed by atoms with Gasteiger partial charge in [-0.3, -0.25) is 4.79 Å². The van der Waals surface area contributed by atoms with Crippen LogP contribution in [0.5, 0.6) is 11.8 Å². The molecule has 1 unspecified atom stereocenters. The Balaban J connectivity index is 2.31. The third-order valence-corrected chi connectivity index (χ3v) is 3.12. The van der Waals surface area contributed by atoms with Crippen LogP contribution in [0.2, 0.25) is 0 Å². The Kier molecular flexibility index (Phi) is 4.16. The molecular formula is C12H18N4O3. The quantitative estimate of drug-likeness (QED) is 0.831. The second kappa shape index (κ2) is 5.83. The molecule has 1 aromatic heterocycles. The van der Waals surface area contributed by atoms with Crippen LogP contribution in [0.15, 0.2) is 6.33 Å². The predicted molar refractivity (Wildman–Crippen MR) is 68.2 cm³/mol. The summed E-state index contributed by atoms with van der Waals surface area (Å²) in [4.78, 5) is 22.1. The van der Waals surface area contributed by atoms with Crippen molar-refractivity contribution >= 4 is 5.91 Å². The van der Waals surface area contributed by atoms with Crippen LogP contribution in [0.4, 0.5) is 0 Å². The first kappa shape index (κ1) is 13.5. The molecule has 0 aromatic carbocycles. The smallest absolute Gasteiger partial charge is 0.264 e. The van der Waals surface area contributed by atoms with Crippen LogP contribution in [-0.4, -0.2) is 54.1 Å². The Morgan fingerprint density at radius 1 is 1.37 bits per heavy atom. The van der Waals surface area contributed by atoms with Crippen molar-refractivity contribution in [2.45, 2.75) is 18.9 Å². The average Bonchev–Trinajstić information content (AvgIpc) is 2.45. The minimum atomic E-state index is -0.204. The summed E-state index contributed by atoms with van der Waals surface area (Å²) in [6, 6.07) is 0.0133. The number of amides is 1. The van der Waals surface area contributed by atoms with Crippen LogP contribution in [0.25, 0.3) is 0 Å². The van der Waals surface area contributed by atoms with Gasteiger partial charge in [0.1, 0.15) is 6.33 Å². The second-order valence-electron chi connectivity index (χ2n) is 4.42. The highest BCUT2D eigenvalue weighted by Crippen LogP contribution is 2.26. The number of carbonyl (C=O) groups excluding carboxylic acids is 1. The summed E-state index contributed by atoms with van der Waals surface area (Å²) in [7, 11) is 2.92. The van der Waals surface area contributed by atoms with E-state index < -0.39 is 0 Å². The Morgan fingerprint density at radius 3 is 2.53 bits per heavy atom. The molecular weight excluding hydrogens is 248 g/mol. The molecule has 1 amide bonds. The van der Waals surface area contributed by atoms with Gasteiger partial charge in [0.05, 0.1) is 14.2 Å². The van der Waals surface area contributed by atoms with Crippen LogP contribution in [0.1, 0.15) is 23.2 Å². The molecule has 0 aliphatic carbocycles. The Hall–Kier alpha value is -1.89. The average molecular weight is 266 g/mol. The molecule has 1 aromatic rings. The molecule has 19 heavy (non-hydrogen) atoms. The van der Waals surface area contributed by atoms with Crippen LogP contribution in [-0.2, 0) is 0 Å². The lowest BCUT2D eigenvalue weighted by Crippen LogP contribution is -2.45. The molecule has 2 rings (SSSR count). The predicted octanol–water partition coefficient (Wildman–Crippen LogP) is 0.0571. The van der Waals surface area contributed by atoms with Crippen molar-refractivity contribution < 1.29 is 14.3 Å². The summed E-state index contributed by atoms with van der Waals surface area (Å²) in [5.41, 5.74) is 6.15. The fourth-order valence-electron chi connectivity index (χ4n) is 2.20. The van der Waals surface area contributed by atoms with Crippen molar-refractivity contribution in [1.82, 2.24) is 14.9 Å². The number of hydrogen-bond donors (Lipinski definition) is 1. The van der Waals surface area contributed by atoms with Gasteiger partial charge in [0.2, 0.25) is 11.8 Å². The molecule has 1 saturated heterocycles. The first-order valence-corrected chi connectivity index (χ1v) is 6.15. The third kappa shape index (κ3) is 2.76. The van der Waals surface area contributed by atoms with Gasteiger partial charge >= 0.3 is 0 Å². The zero-order valence-corrected chi connectivity index (χ0v) is 11.1. The van der Waals surface area contributed by atoms with Crippen LogP contribution in [0, 0.1) is 0 Å². The van der Waals surface area contributed by atoms with E-state index in [-0.39, 0.29) is 29.3 Å². The van der Waals surface area contributed by atoms with Crippen LogP contribution < -0.4 is 15.2 Å². The first-order valence-electron chi connectivity index (χ1n) is 6.15. The molecule has 0 bridgehead atoms. The number of methoxy groups -OCH3 is 2. The van der Waals surface area contributed by atoms with Gasteiger partial charge in [-0.2, -0.15) is 0 Å². The molecule has 7 nitrogen and oxygen atoms in total. The molecule has 104 valence electrons. The van der Waals surface area contributed by atoms with Crippen molar-refractivity contribution in [3.63, 3.8) is 0 Å². The Bertz CT molecular complexity index is 444. The van der Waals surface area contributed by atoms with Crippen molar-refractivity contribution in [1.29, 1.82) is 0 Å². The van der Waals surface area contributed by atoms with E-state index in [4.69, 9.17) is 15.2 Å². The molecule has 2 N–H and O–H groups in total. The van der Waals surface area contributed by atoms with Crippen molar-refractivity contribution in [2.24, 2.45) is 5.73 Å². The number of ether oxygens (including phenoxy) is 2. The second-order valence-corrected chi connectivity index (χ2v) is 4.42. The molecule has 0 spiro atoms. The van der Waals surface area contributed by atoms with Crippen LogP contribution >= 0.6 is 0 Å². The molecule has 1 atom stereocenters. The standard InChI is InChI=1S/C12H18N4O3/c1-18-10-9(11(19-2)15-7-14-10)12(17)16-5-3-4-8(13)6-16/h7-8H,3-6,13H2,1-2H3. The topological polar surface area (TPSA) is 90.6 Å². The zero-order chi connectivity index (χ0) is 13.8. The number of hydrogen-bond acceptors (Lipinski definition) is 6. The summed E-state index contributed by atoms with van der Waals surface area (Å²) in [5, 5.41) is 0. The Labute approximate surface area is 111 Å². The van der Waals surface area contributed by atoms with E-state index in [2.05, 4.69) is 9.97 Å². The van der Waals surface area contributed by atoms with E-state index in [1.54, 1.807) is 4.90 Å². The summed E-state index contributed by atoms with van der Waals surface area (Å²) < 4.78 is 10.2. The Morgan fingerprint density at radius 2 is 2.00 bits per heavy atom. The minimum Gasteiger partial charge on any atom is -0.480 e. The highest BCUT2D eigenvalue weighted by molar-refractivity contribution is 5.98. The van der Waals surface area contributed by atoms with Gasteiger partial charge < -0.3 is 20.1 Å². The summed E-state index contributed by atoms with van der Waals surface area (Å²) in [6.45, 7) is 1.20. The normalized spacial score (nSPS) is 19.1. The number of rotatable bonds is 3. The van der Waals surface area contributed by atoms with Crippen molar-refractivity contribution in [2.75, 3.05) is 27.3 Å². The monoisotopic (exact) mass is 266 g/mol. The number of carbonyl (C=O) groups is 1. The van der Waals surface area contributed by atoms with Gasteiger partial charge in [-0.1, -0.05) is 0 Å². The van der Waals surface area contributed by atoms with Crippen molar-refractivity contribution in [3.8, 4) is 11.8 Å². The van der Waals surface area contributed by atoms with Gasteiger partial charge in [-0.15, -0.1) is 0 Å². The number of aromatic nitrogens is 2. The number of nitrogens with zero attached hydrogens (tertiary/aromatic N) is 3. The van der Waals surface area contributed by atoms with E-state index in [0.717, 1.165) is 12.8 Å². The summed E-state index contributed by atoms with van der Waals surface area (Å²) >= 11 is 0. The molecule has 1 fully saturated rings. The van der Waals surface area contributed by atoms with Gasteiger partial charge in [-0.05, 0) is 12.8 Å². The van der Waals surface area contributed by atoms with E-state index in [0.29, 0.717) is 13.1 Å². The number of piperidine rings is 1. The molecule has 0 radical (unpaired) electrons. The molecule has 7 heteroatoms. The number of likely N-dealkylation sites (tertiary alicyclic amines) is 1. The minimum absolute atomic E-state index is 0.0133. The molecule has 0 saturated carbocycles. The van der Waals surface area contributed by atoms with Gasteiger partial charge in [-0.25, -0.2) is 9.97 Å². The maximum atomic E-state index is 12.5. The maximum absolute atomic E-state index is 12.5. The van der Waals surface area contributed by atoms with E-state index >= 15 is 0 Å². The lowest BCUT2D eigenvalue weighted by molar-refractivity contribution is 0.0700. The SMILES string of the molecule is COc1ncnc(OC)c1C(=O)N1CCCC(N)C1. The highest BCUT2D eigenvalue weighted by atomic mass is 16.5. The zero-order valence-electron chi connectivity index (χ0n) is 11.1. The number of nitrogens with two attached hydrogens (primary N) is 1. The van der Waals surface area contributed by atoms with E-state index in [9.17, 15) is 4.79 Å². The molecule has 1 aliphatic heterocycles. The van der Waals surface area contributed by atoms with Gasteiger partial charge in [0.15, 0.2) is 5.56 Å². The van der Waals surface area contributed by atoms with E-state index in [1.165, 1.54) is 20.5 Å². The lowest BCUT2D eigenvalue weighted by Gasteiger charge is -2.31. The highest BCUT2D eigenvalue weighted by Gasteiger charge is 2.28. The van der Waals surface area contributed by atoms with E-state index in [1.807, 2.05) is 0 Å². The summed E-state index contributed by atoms with van der Waals surface area (Å²) in [5.74, 6) is 0.233. The van der Waals surface area contributed by atoms with Gasteiger partial charge in [0.25, 0.3) is 5.91 Å². The van der Waals surface area contributed by atoms with Crippen molar-refractivity contribution in [3.05, 3.63) is 11.9 Å². The largest absolute Gasteiger partial charge is 0.480 e. The van der Waals surface area contributed by atoms with Gasteiger partial charge in [0, 0.05) is 19.1 Å². The maximum Gasteiger partial charge on any atom is 0.264 e. The molecule has 2 heterocycles. The summed E-state index contributed by atoms with van der Waals surface area (Å²) in [6.07, 6.45) is 3.13. The fourth-order valence-corrected chi connectivity index (χ4v) is 2.20. The first-order chi connectivity index (χ1) is 9.17. The molecule has 1 aliphatic rings. The third-order valence-electron chi connectivity index (χ3n) is 3.12.